The molecule has 2 aliphatic rings. The SMILES string of the molecule is O=[N+]([O-])C1=CC2CC(O)COC2=N1. The van der Waals surface area contributed by atoms with Gasteiger partial charge < -0.3 is 20.0 Å². The molecule has 1 fully saturated rings. The van der Waals surface area contributed by atoms with Crippen LogP contribution in [-0.2, 0) is 4.74 Å². The van der Waals surface area contributed by atoms with E-state index in [9.17, 15) is 15.2 Å². The van der Waals surface area contributed by atoms with Gasteiger partial charge in [-0.3, -0.25) is 0 Å². The van der Waals surface area contributed by atoms with Crippen molar-refractivity contribution in [3.63, 3.8) is 0 Å². The van der Waals surface area contributed by atoms with Crippen LogP contribution < -0.4 is 0 Å². The minimum absolute atomic E-state index is 0.175. The van der Waals surface area contributed by atoms with Crippen molar-refractivity contribution < 1.29 is 14.8 Å². The summed E-state index contributed by atoms with van der Waals surface area (Å²) in [6, 6.07) is 0. The van der Waals surface area contributed by atoms with Crippen LogP contribution in [0.4, 0.5) is 0 Å². The summed E-state index contributed by atoms with van der Waals surface area (Å²) in [5.74, 6) is -0.0461. The molecule has 2 unspecified atom stereocenters. The number of ether oxygens (including phenoxy) is 1. The quantitative estimate of drug-likeness (QED) is 0.456. The monoisotopic (exact) mass is 184 g/mol. The third-order valence-corrected chi connectivity index (χ3v) is 2.03. The highest BCUT2D eigenvalue weighted by Crippen LogP contribution is 2.26. The lowest BCUT2D eigenvalue weighted by Gasteiger charge is -2.20. The molecule has 6 heteroatoms. The maximum atomic E-state index is 10.3. The van der Waals surface area contributed by atoms with E-state index in [4.69, 9.17) is 4.74 Å². The minimum atomic E-state index is -0.555. The van der Waals surface area contributed by atoms with Crippen molar-refractivity contribution in [3.05, 3.63) is 22.0 Å². The van der Waals surface area contributed by atoms with Crippen LogP contribution in [0, 0.1) is 16.0 Å². The zero-order valence-electron chi connectivity index (χ0n) is 6.71. The third-order valence-electron chi connectivity index (χ3n) is 2.03. The van der Waals surface area contributed by atoms with E-state index < -0.39 is 11.0 Å². The highest BCUT2D eigenvalue weighted by molar-refractivity contribution is 5.84. The van der Waals surface area contributed by atoms with E-state index >= 15 is 0 Å². The van der Waals surface area contributed by atoms with E-state index in [2.05, 4.69) is 4.99 Å². The summed E-state index contributed by atoms with van der Waals surface area (Å²) < 4.78 is 5.04. The lowest BCUT2D eigenvalue weighted by molar-refractivity contribution is -0.425. The molecule has 0 amide bonds. The third kappa shape index (κ3) is 1.40. The molecule has 1 saturated heterocycles. The van der Waals surface area contributed by atoms with Crippen LogP contribution >= 0.6 is 0 Å². The van der Waals surface area contributed by atoms with E-state index in [1.54, 1.807) is 0 Å². The zero-order valence-corrected chi connectivity index (χ0v) is 6.71. The molecule has 2 rings (SSSR count). The number of hydrogen-bond acceptors (Lipinski definition) is 5. The molecule has 0 aliphatic carbocycles. The molecule has 0 aromatic rings. The van der Waals surface area contributed by atoms with Crippen molar-refractivity contribution in [2.24, 2.45) is 10.9 Å². The fraction of sp³-hybridized carbons (Fsp3) is 0.571. The minimum Gasteiger partial charge on any atom is -0.460 e. The van der Waals surface area contributed by atoms with Gasteiger partial charge in [0, 0.05) is 6.08 Å². The molecule has 2 aliphatic heterocycles. The van der Waals surface area contributed by atoms with Crippen molar-refractivity contribution in [3.8, 4) is 0 Å². The van der Waals surface area contributed by atoms with Crippen molar-refractivity contribution in [2.45, 2.75) is 12.5 Å². The molecule has 2 atom stereocenters. The Bertz CT molecular complexity index is 310. The number of nitro groups is 1. The second kappa shape index (κ2) is 2.81. The van der Waals surface area contributed by atoms with Crippen molar-refractivity contribution >= 4 is 5.90 Å². The number of aliphatic imine (C=N–C) groups is 1. The highest BCUT2D eigenvalue weighted by Gasteiger charge is 2.37. The number of nitrogens with zero attached hydrogens (tertiary/aromatic N) is 2. The summed E-state index contributed by atoms with van der Waals surface area (Å²) in [4.78, 5) is 13.5. The van der Waals surface area contributed by atoms with Gasteiger partial charge in [0.2, 0.25) is 0 Å². The van der Waals surface area contributed by atoms with Crippen LogP contribution in [0.25, 0.3) is 0 Å². The maximum Gasteiger partial charge on any atom is 0.364 e. The summed E-state index contributed by atoms with van der Waals surface area (Å²) in [6.07, 6.45) is 1.32. The number of rotatable bonds is 1. The molecule has 70 valence electrons. The van der Waals surface area contributed by atoms with Gasteiger partial charge in [0.25, 0.3) is 0 Å². The molecule has 1 N–H and O–H groups in total. The zero-order chi connectivity index (χ0) is 9.42. The Morgan fingerprint density at radius 1 is 1.77 bits per heavy atom. The van der Waals surface area contributed by atoms with Crippen LogP contribution in [0.1, 0.15) is 6.42 Å². The molecule has 0 bridgehead atoms. The van der Waals surface area contributed by atoms with Crippen LogP contribution in [0.5, 0.6) is 0 Å². The average Bonchev–Trinajstić information content (AvgIpc) is 2.46. The standard InChI is InChI=1S/C7H8N2O4/c10-5-1-4-2-6(9(11)12)8-7(4)13-3-5/h2,4-5,10H,1,3H2. The molecule has 0 spiro atoms. The molecular formula is C7H8N2O4. The number of aliphatic hydroxyl groups is 1. The van der Waals surface area contributed by atoms with E-state index in [1.165, 1.54) is 6.08 Å². The van der Waals surface area contributed by atoms with Crippen LogP contribution in [-0.4, -0.2) is 28.6 Å². The van der Waals surface area contributed by atoms with Gasteiger partial charge in [-0.1, -0.05) is 0 Å². The van der Waals surface area contributed by atoms with E-state index in [1.807, 2.05) is 0 Å². The summed E-state index contributed by atoms with van der Waals surface area (Å²) in [5, 5.41) is 19.5. The van der Waals surface area contributed by atoms with Gasteiger partial charge in [-0.05, 0) is 16.3 Å². The molecule has 13 heavy (non-hydrogen) atoms. The van der Waals surface area contributed by atoms with Gasteiger partial charge >= 0.3 is 11.7 Å². The van der Waals surface area contributed by atoms with Crippen LogP contribution in [0.15, 0.2) is 16.9 Å². The smallest absolute Gasteiger partial charge is 0.364 e. The fourth-order valence-corrected chi connectivity index (χ4v) is 1.44. The highest BCUT2D eigenvalue weighted by atomic mass is 16.6. The lowest BCUT2D eigenvalue weighted by atomic mass is 10.0. The normalized spacial score (nSPS) is 31.5. The summed E-state index contributed by atoms with van der Waals surface area (Å²) in [7, 11) is 0. The predicted octanol–water partition coefficient (Wildman–Crippen LogP) is -0.0860. The summed E-state index contributed by atoms with van der Waals surface area (Å²) in [6.45, 7) is 0.175. The Hall–Kier alpha value is -1.43. The summed E-state index contributed by atoms with van der Waals surface area (Å²) in [5.41, 5.74) is 0. The average molecular weight is 184 g/mol. The van der Waals surface area contributed by atoms with Gasteiger partial charge in [-0.15, -0.1) is 0 Å². The molecule has 0 aromatic carbocycles. The van der Waals surface area contributed by atoms with Gasteiger partial charge in [0.15, 0.2) is 0 Å². The van der Waals surface area contributed by atoms with Gasteiger partial charge in [-0.25, -0.2) is 0 Å². The first-order valence-electron chi connectivity index (χ1n) is 3.92. The number of hydrogen-bond donors (Lipinski definition) is 1. The largest absolute Gasteiger partial charge is 0.460 e. The topological polar surface area (TPSA) is 85.0 Å². The predicted molar refractivity (Wildman–Crippen MR) is 42.6 cm³/mol. The van der Waals surface area contributed by atoms with Crippen molar-refractivity contribution in [1.82, 2.24) is 0 Å². The van der Waals surface area contributed by atoms with Gasteiger partial charge in [-0.2, -0.15) is 0 Å². The number of aliphatic hydroxyl groups excluding tert-OH is 1. The number of fused-ring (bicyclic) bond motifs is 1. The Morgan fingerprint density at radius 3 is 3.23 bits per heavy atom. The first-order chi connectivity index (χ1) is 6.16. The molecular weight excluding hydrogens is 176 g/mol. The molecule has 0 saturated carbocycles. The van der Waals surface area contributed by atoms with Crippen LogP contribution in [0.2, 0.25) is 0 Å². The first kappa shape index (κ1) is 8.18. The second-order valence-corrected chi connectivity index (χ2v) is 3.04. The van der Waals surface area contributed by atoms with Crippen LogP contribution in [0.3, 0.4) is 0 Å². The molecule has 0 aromatic heterocycles. The fourth-order valence-electron chi connectivity index (χ4n) is 1.44. The molecule has 2 heterocycles. The second-order valence-electron chi connectivity index (χ2n) is 3.04. The maximum absolute atomic E-state index is 10.3. The van der Waals surface area contributed by atoms with E-state index in [0.29, 0.717) is 12.3 Å². The Morgan fingerprint density at radius 2 is 2.54 bits per heavy atom. The van der Waals surface area contributed by atoms with E-state index in [0.717, 1.165) is 0 Å². The molecule has 6 nitrogen and oxygen atoms in total. The van der Waals surface area contributed by atoms with Crippen molar-refractivity contribution in [1.29, 1.82) is 0 Å². The first-order valence-corrected chi connectivity index (χ1v) is 3.92. The lowest BCUT2D eigenvalue weighted by Crippen LogP contribution is -2.31. The Balaban J connectivity index is 2.18. The Labute approximate surface area is 73.7 Å². The van der Waals surface area contributed by atoms with E-state index in [-0.39, 0.29) is 18.3 Å². The molecule has 0 radical (unpaired) electrons. The van der Waals surface area contributed by atoms with Gasteiger partial charge in [0.1, 0.15) is 6.61 Å². The summed E-state index contributed by atoms with van der Waals surface area (Å²) >= 11 is 0. The Kier molecular flexibility index (Phi) is 1.77. The van der Waals surface area contributed by atoms with Crippen molar-refractivity contribution in [2.75, 3.05) is 6.61 Å². The van der Waals surface area contributed by atoms with Gasteiger partial charge in [0.05, 0.1) is 12.0 Å².